The van der Waals surface area contributed by atoms with Gasteiger partial charge in [-0.3, -0.25) is 9.78 Å². The van der Waals surface area contributed by atoms with Crippen LogP contribution in [0.5, 0.6) is 11.5 Å². The van der Waals surface area contributed by atoms with Crippen molar-refractivity contribution in [2.24, 2.45) is 4.99 Å². The van der Waals surface area contributed by atoms with Crippen molar-refractivity contribution in [1.29, 1.82) is 0 Å². The van der Waals surface area contributed by atoms with E-state index in [0.29, 0.717) is 23.0 Å². The lowest BCUT2D eigenvalue weighted by atomic mass is 10.2. The third-order valence-electron chi connectivity index (χ3n) is 3.22. The summed E-state index contributed by atoms with van der Waals surface area (Å²) in [5.74, 6) is 1.75. The molecule has 24 heavy (non-hydrogen) atoms. The van der Waals surface area contributed by atoms with E-state index in [2.05, 4.69) is 15.3 Å². The number of carbonyl (C=O) groups excluding carboxylic acids is 1. The van der Waals surface area contributed by atoms with Gasteiger partial charge in [-0.05, 0) is 29.5 Å². The highest BCUT2D eigenvalue weighted by Gasteiger charge is 2.23. The molecular formula is C17H15N3O3S. The van der Waals surface area contributed by atoms with E-state index in [1.54, 1.807) is 44.8 Å². The number of amidine groups is 1. The number of thioether (sulfide) groups is 1. The highest BCUT2D eigenvalue weighted by Crippen LogP contribution is 2.31. The first-order valence-corrected chi connectivity index (χ1v) is 7.92. The Kier molecular flexibility index (Phi) is 4.81. The van der Waals surface area contributed by atoms with Crippen LogP contribution in [0.4, 0.5) is 10.5 Å². The third kappa shape index (κ3) is 3.75. The maximum absolute atomic E-state index is 11.8. The summed E-state index contributed by atoms with van der Waals surface area (Å²) in [6.07, 6.45) is 5.29. The molecule has 1 aliphatic rings. The fourth-order valence-electron chi connectivity index (χ4n) is 2.11. The molecule has 1 aromatic heterocycles. The molecule has 0 atom stereocenters. The number of rotatable bonds is 4. The molecule has 3 rings (SSSR count). The monoisotopic (exact) mass is 341 g/mol. The molecule has 1 aliphatic heterocycles. The normalized spacial score (nSPS) is 17.2. The molecule has 1 N–H and O–H groups in total. The van der Waals surface area contributed by atoms with E-state index in [-0.39, 0.29) is 5.24 Å². The lowest BCUT2D eigenvalue weighted by Gasteiger charge is -2.06. The second-order valence-electron chi connectivity index (χ2n) is 4.84. The summed E-state index contributed by atoms with van der Waals surface area (Å²) < 4.78 is 10.5. The SMILES string of the molecule is COc1cc(N=C2NC(=O)S/C2=C/c2cccnc2)cc(OC)c1. The van der Waals surface area contributed by atoms with E-state index < -0.39 is 0 Å². The van der Waals surface area contributed by atoms with Crippen molar-refractivity contribution >= 4 is 34.6 Å². The minimum absolute atomic E-state index is 0.168. The summed E-state index contributed by atoms with van der Waals surface area (Å²) >= 11 is 1.10. The smallest absolute Gasteiger partial charge is 0.289 e. The second-order valence-corrected chi connectivity index (χ2v) is 5.86. The van der Waals surface area contributed by atoms with E-state index in [4.69, 9.17) is 9.47 Å². The Hall–Kier alpha value is -2.80. The van der Waals surface area contributed by atoms with Crippen molar-refractivity contribution in [3.63, 3.8) is 0 Å². The second kappa shape index (κ2) is 7.18. The van der Waals surface area contributed by atoms with Gasteiger partial charge in [0.2, 0.25) is 0 Å². The predicted molar refractivity (Wildman–Crippen MR) is 95.0 cm³/mol. The lowest BCUT2D eigenvalue weighted by molar-refractivity contribution is 0.265. The van der Waals surface area contributed by atoms with Gasteiger partial charge in [-0.2, -0.15) is 0 Å². The van der Waals surface area contributed by atoms with E-state index in [0.717, 1.165) is 22.2 Å². The fourth-order valence-corrected chi connectivity index (χ4v) is 2.85. The first kappa shape index (κ1) is 16.1. The number of hydrogen-bond donors (Lipinski definition) is 1. The third-order valence-corrected chi connectivity index (χ3v) is 4.03. The van der Waals surface area contributed by atoms with Crippen molar-refractivity contribution < 1.29 is 14.3 Å². The molecule has 0 aliphatic carbocycles. The van der Waals surface area contributed by atoms with Crippen LogP contribution in [-0.2, 0) is 0 Å². The summed E-state index contributed by atoms with van der Waals surface area (Å²) in [5.41, 5.74) is 1.52. The minimum Gasteiger partial charge on any atom is -0.497 e. The fraction of sp³-hybridized carbons (Fsp3) is 0.118. The number of benzene rings is 1. The molecule has 7 heteroatoms. The van der Waals surface area contributed by atoms with Crippen LogP contribution in [0.15, 0.2) is 52.6 Å². The Bertz CT molecular complexity index is 797. The zero-order valence-electron chi connectivity index (χ0n) is 13.1. The average Bonchev–Trinajstić information content (AvgIpc) is 2.94. The van der Waals surface area contributed by atoms with Crippen LogP contribution >= 0.6 is 11.8 Å². The van der Waals surface area contributed by atoms with Crippen LogP contribution in [-0.4, -0.2) is 30.3 Å². The number of nitrogens with zero attached hydrogens (tertiary/aromatic N) is 2. The van der Waals surface area contributed by atoms with Crippen LogP contribution in [0.2, 0.25) is 0 Å². The van der Waals surface area contributed by atoms with Crippen molar-refractivity contribution in [3.8, 4) is 11.5 Å². The predicted octanol–water partition coefficient (Wildman–Crippen LogP) is 3.63. The maximum atomic E-state index is 11.8. The summed E-state index contributed by atoms with van der Waals surface area (Å²) in [6.45, 7) is 0. The molecule has 0 radical (unpaired) electrons. The number of aromatic nitrogens is 1. The van der Waals surface area contributed by atoms with Gasteiger partial charge in [-0.25, -0.2) is 4.99 Å². The molecule has 6 nitrogen and oxygen atoms in total. The quantitative estimate of drug-likeness (QED) is 0.919. The average molecular weight is 341 g/mol. The minimum atomic E-state index is -0.168. The van der Waals surface area contributed by atoms with Gasteiger partial charge < -0.3 is 14.8 Å². The number of aliphatic imine (C=N–C) groups is 1. The lowest BCUT2D eigenvalue weighted by Crippen LogP contribution is -2.18. The highest BCUT2D eigenvalue weighted by molar-refractivity contribution is 8.18. The summed E-state index contributed by atoms with van der Waals surface area (Å²) in [4.78, 5) is 21.1. The Labute approximate surface area is 143 Å². The summed E-state index contributed by atoms with van der Waals surface area (Å²) in [6, 6.07) is 9.05. The van der Waals surface area contributed by atoms with Crippen molar-refractivity contribution in [2.45, 2.75) is 0 Å². The van der Waals surface area contributed by atoms with Gasteiger partial charge in [-0.15, -0.1) is 0 Å². The number of hydrogen-bond acceptors (Lipinski definition) is 6. The van der Waals surface area contributed by atoms with Crippen LogP contribution < -0.4 is 14.8 Å². The molecule has 0 unspecified atom stereocenters. The molecule has 1 amide bonds. The van der Waals surface area contributed by atoms with Gasteiger partial charge in [-0.1, -0.05) is 6.07 Å². The zero-order chi connectivity index (χ0) is 16.9. The van der Waals surface area contributed by atoms with Crippen LogP contribution in [0.3, 0.4) is 0 Å². The van der Waals surface area contributed by atoms with Crippen molar-refractivity contribution in [3.05, 3.63) is 53.2 Å². The van der Waals surface area contributed by atoms with E-state index in [1.807, 2.05) is 18.2 Å². The first-order chi connectivity index (χ1) is 11.7. The van der Waals surface area contributed by atoms with Crippen LogP contribution in [0, 0.1) is 0 Å². The van der Waals surface area contributed by atoms with E-state index in [1.165, 1.54) is 0 Å². The number of amides is 1. The highest BCUT2D eigenvalue weighted by atomic mass is 32.2. The first-order valence-electron chi connectivity index (χ1n) is 7.10. The topological polar surface area (TPSA) is 72.8 Å². The maximum Gasteiger partial charge on any atom is 0.289 e. The molecule has 2 heterocycles. The number of pyridine rings is 1. The summed E-state index contributed by atoms with van der Waals surface area (Å²) in [7, 11) is 3.15. The molecule has 1 fully saturated rings. The van der Waals surface area contributed by atoms with Gasteiger partial charge in [0.15, 0.2) is 0 Å². The van der Waals surface area contributed by atoms with Gasteiger partial charge >= 0.3 is 0 Å². The van der Waals surface area contributed by atoms with Gasteiger partial charge in [0.05, 0.1) is 24.8 Å². The Balaban J connectivity index is 1.98. The molecule has 0 bridgehead atoms. The number of ether oxygens (including phenoxy) is 2. The van der Waals surface area contributed by atoms with E-state index >= 15 is 0 Å². The molecule has 0 spiro atoms. The zero-order valence-corrected chi connectivity index (χ0v) is 14.0. The largest absolute Gasteiger partial charge is 0.497 e. The molecule has 1 saturated heterocycles. The van der Waals surface area contributed by atoms with Gasteiger partial charge in [0.1, 0.15) is 17.3 Å². The standard InChI is InChI=1S/C17H15N3O3S/c1-22-13-7-12(8-14(9-13)23-2)19-16-15(24-17(21)20-16)6-11-4-3-5-18-10-11/h3-10H,1-2H3,(H,19,20,21)/b15-6+. The Morgan fingerprint density at radius 3 is 2.58 bits per heavy atom. The Morgan fingerprint density at radius 2 is 1.96 bits per heavy atom. The number of nitrogens with one attached hydrogen (secondary N) is 1. The molecular weight excluding hydrogens is 326 g/mol. The van der Waals surface area contributed by atoms with Gasteiger partial charge in [0, 0.05) is 30.6 Å². The molecule has 122 valence electrons. The number of methoxy groups -OCH3 is 2. The number of carbonyl (C=O) groups is 1. The van der Waals surface area contributed by atoms with Crippen LogP contribution in [0.1, 0.15) is 5.56 Å². The molecule has 2 aromatic rings. The Morgan fingerprint density at radius 1 is 1.21 bits per heavy atom. The van der Waals surface area contributed by atoms with Crippen LogP contribution in [0.25, 0.3) is 6.08 Å². The van der Waals surface area contributed by atoms with Gasteiger partial charge in [0.25, 0.3) is 5.24 Å². The molecule has 0 saturated carbocycles. The van der Waals surface area contributed by atoms with E-state index in [9.17, 15) is 4.79 Å². The van der Waals surface area contributed by atoms with Crippen molar-refractivity contribution in [1.82, 2.24) is 10.3 Å². The van der Waals surface area contributed by atoms with Crippen molar-refractivity contribution in [2.75, 3.05) is 14.2 Å². The summed E-state index contributed by atoms with van der Waals surface area (Å²) in [5, 5.41) is 2.58. The molecule has 1 aromatic carbocycles.